The van der Waals surface area contributed by atoms with Gasteiger partial charge in [-0.2, -0.15) is 15.0 Å². The lowest BCUT2D eigenvalue weighted by Crippen LogP contribution is -2.17. The van der Waals surface area contributed by atoms with Gasteiger partial charge in [-0.05, 0) is 60.7 Å². The summed E-state index contributed by atoms with van der Waals surface area (Å²) in [5.41, 5.74) is 2.09. The SMILES string of the molecule is COc1ccc(-c2nc(Nc3ccc(OC(F)(F)F)cc3)nc(N(C)c3ccccc3)n2)cc1. The second kappa shape index (κ2) is 9.65. The van der Waals surface area contributed by atoms with Gasteiger partial charge in [0.25, 0.3) is 0 Å². The molecule has 0 bridgehead atoms. The Morgan fingerprint density at radius 2 is 1.44 bits per heavy atom. The molecule has 0 radical (unpaired) electrons. The van der Waals surface area contributed by atoms with E-state index in [4.69, 9.17) is 4.74 Å². The number of anilines is 4. The first kappa shape index (κ1) is 22.8. The van der Waals surface area contributed by atoms with Crippen molar-refractivity contribution in [1.82, 2.24) is 15.0 Å². The molecular weight excluding hydrogens is 447 g/mol. The van der Waals surface area contributed by atoms with Crippen LogP contribution in [0.15, 0.2) is 78.9 Å². The van der Waals surface area contributed by atoms with Crippen molar-refractivity contribution in [2.75, 3.05) is 24.4 Å². The van der Waals surface area contributed by atoms with Gasteiger partial charge in [0.1, 0.15) is 11.5 Å². The van der Waals surface area contributed by atoms with E-state index in [-0.39, 0.29) is 11.7 Å². The molecule has 0 aliphatic rings. The summed E-state index contributed by atoms with van der Waals surface area (Å²) in [7, 11) is 3.41. The molecule has 0 aliphatic heterocycles. The molecule has 0 saturated heterocycles. The van der Waals surface area contributed by atoms with Gasteiger partial charge >= 0.3 is 6.36 Å². The highest BCUT2D eigenvalue weighted by molar-refractivity contribution is 5.65. The summed E-state index contributed by atoms with van der Waals surface area (Å²) in [5.74, 6) is 1.39. The molecule has 0 aliphatic carbocycles. The van der Waals surface area contributed by atoms with Gasteiger partial charge in [-0.1, -0.05) is 18.2 Å². The number of alkyl halides is 3. The Morgan fingerprint density at radius 1 is 0.794 bits per heavy atom. The van der Waals surface area contributed by atoms with E-state index < -0.39 is 6.36 Å². The van der Waals surface area contributed by atoms with Gasteiger partial charge in [0.05, 0.1) is 7.11 Å². The number of hydrogen-bond donors (Lipinski definition) is 1. The quantitative estimate of drug-likeness (QED) is 0.360. The van der Waals surface area contributed by atoms with E-state index in [0.717, 1.165) is 11.3 Å². The van der Waals surface area contributed by atoms with Gasteiger partial charge in [-0.3, -0.25) is 0 Å². The second-order valence-corrected chi connectivity index (χ2v) is 7.10. The predicted octanol–water partition coefficient (Wildman–Crippen LogP) is 5.96. The number of nitrogens with one attached hydrogen (secondary N) is 1. The van der Waals surface area contributed by atoms with Crippen LogP contribution in [-0.2, 0) is 0 Å². The number of benzene rings is 3. The van der Waals surface area contributed by atoms with Gasteiger partial charge in [-0.25, -0.2) is 0 Å². The number of aromatic nitrogens is 3. The molecule has 0 amide bonds. The van der Waals surface area contributed by atoms with Gasteiger partial charge in [-0.15, -0.1) is 13.2 Å². The second-order valence-electron chi connectivity index (χ2n) is 7.10. The molecule has 0 spiro atoms. The monoisotopic (exact) mass is 467 g/mol. The average Bonchev–Trinajstić information content (AvgIpc) is 2.84. The van der Waals surface area contributed by atoms with Crippen LogP contribution in [0.3, 0.4) is 0 Å². The van der Waals surface area contributed by atoms with E-state index in [1.54, 1.807) is 24.1 Å². The maximum absolute atomic E-state index is 12.4. The van der Waals surface area contributed by atoms with Crippen molar-refractivity contribution in [1.29, 1.82) is 0 Å². The zero-order valence-corrected chi connectivity index (χ0v) is 18.2. The molecule has 0 fully saturated rings. The molecule has 4 aromatic rings. The third-order valence-electron chi connectivity index (χ3n) is 4.76. The molecule has 7 nitrogen and oxygen atoms in total. The molecule has 174 valence electrons. The molecule has 4 rings (SSSR count). The number of rotatable bonds is 7. The van der Waals surface area contributed by atoms with Gasteiger partial charge in [0.2, 0.25) is 11.9 Å². The summed E-state index contributed by atoms with van der Waals surface area (Å²) in [6, 6.07) is 22.1. The molecule has 0 unspecified atom stereocenters. The third kappa shape index (κ3) is 5.71. The van der Waals surface area contributed by atoms with Gasteiger partial charge in [0.15, 0.2) is 5.82 Å². The molecule has 1 N–H and O–H groups in total. The standard InChI is InChI=1S/C24H20F3N5O2/c1-32(18-6-4-3-5-7-18)23-30-21(16-8-12-19(33-2)13-9-16)29-22(31-23)28-17-10-14-20(15-11-17)34-24(25,26)27/h3-15H,1-2H3,(H,28,29,30,31). The Balaban J connectivity index is 1.68. The van der Waals surface area contributed by atoms with Crippen molar-refractivity contribution in [3.8, 4) is 22.9 Å². The van der Waals surface area contributed by atoms with Crippen molar-refractivity contribution in [3.63, 3.8) is 0 Å². The Hall–Kier alpha value is -4.34. The van der Waals surface area contributed by atoms with E-state index >= 15 is 0 Å². The van der Waals surface area contributed by atoms with Crippen LogP contribution in [0.25, 0.3) is 11.4 Å². The zero-order chi connectivity index (χ0) is 24.1. The van der Waals surface area contributed by atoms with Crippen molar-refractivity contribution in [2.45, 2.75) is 6.36 Å². The molecule has 1 aromatic heterocycles. The van der Waals surface area contributed by atoms with Crippen LogP contribution in [0, 0.1) is 0 Å². The van der Waals surface area contributed by atoms with Crippen molar-refractivity contribution >= 4 is 23.3 Å². The molecule has 10 heteroatoms. The summed E-state index contributed by atoms with van der Waals surface area (Å²) in [6.45, 7) is 0. The van der Waals surface area contributed by atoms with Gasteiger partial charge in [0, 0.05) is 24.0 Å². The van der Waals surface area contributed by atoms with Crippen LogP contribution in [0.2, 0.25) is 0 Å². The topological polar surface area (TPSA) is 72.4 Å². The minimum absolute atomic E-state index is 0.225. The predicted molar refractivity (Wildman–Crippen MR) is 123 cm³/mol. The van der Waals surface area contributed by atoms with Gasteiger partial charge < -0.3 is 19.7 Å². The Labute approximate surface area is 193 Å². The molecular formula is C24H20F3N5O2. The Morgan fingerprint density at radius 3 is 2.06 bits per heavy atom. The van der Waals surface area contributed by atoms with Crippen LogP contribution in [0.5, 0.6) is 11.5 Å². The summed E-state index contributed by atoms with van der Waals surface area (Å²) in [5, 5.41) is 3.02. The number of hydrogen-bond acceptors (Lipinski definition) is 7. The first-order valence-corrected chi connectivity index (χ1v) is 10.1. The smallest absolute Gasteiger partial charge is 0.497 e. The largest absolute Gasteiger partial charge is 0.573 e. The maximum atomic E-state index is 12.4. The summed E-state index contributed by atoms with van der Waals surface area (Å²) >= 11 is 0. The van der Waals surface area contributed by atoms with Crippen LogP contribution < -0.4 is 19.7 Å². The van der Waals surface area contributed by atoms with E-state index in [1.165, 1.54) is 24.3 Å². The van der Waals surface area contributed by atoms with Crippen molar-refractivity contribution in [2.24, 2.45) is 0 Å². The van der Waals surface area contributed by atoms with E-state index in [2.05, 4.69) is 25.0 Å². The molecule has 34 heavy (non-hydrogen) atoms. The van der Waals surface area contributed by atoms with E-state index in [1.807, 2.05) is 49.5 Å². The molecule has 0 saturated carbocycles. The first-order valence-electron chi connectivity index (χ1n) is 10.1. The summed E-state index contributed by atoms with van der Waals surface area (Å²) in [4.78, 5) is 15.4. The van der Waals surface area contributed by atoms with Crippen LogP contribution in [0.1, 0.15) is 0 Å². The third-order valence-corrected chi connectivity index (χ3v) is 4.76. The number of halogens is 3. The minimum Gasteiger partial charge on any atom is -0.497 e. The van der Waals surface area contributed by atoms with Crippen molar-refractivity contribution < 1.29 is 22.6 Å². The average molecular weight is 467 g/mol. The highest BCUT2D eigenvalue weighted by Crippen LogP contribution is 2.28. The van der Waals surface area contributed by atoms with E-state index in [9.17, 15) is 13.2 Å². The molecule has 1 heterocycles. The number of ether oxygens (including phenoxy) is 2. The summed E-state index contributed by atoms with van der Waals surface area (Å²) in [6.07, 6.45) is -4.76. The number of para-hydroxylation sites is 1. The van der Waals surface area contributed by atoms with Crippen LogP contribution >= 0.6 is 0 Å². The fraction of sp³-hybridized carbons (Fsp3) is 0.125. The van der Waals surface area contributed by atoms with Crippen molar-refractivity contribution in [3.05, 3.63) is 78.9 Å². The number of methoxy groups -OCH3 is 1. The Bertz CT molecular complexity index is 1230. The fourth-order valence-corrected chi connectivity index (χ4v) is 3.08. The fourth-order valence-electron chi connectivity index (χ4n) is 3.08. The van der Waals surface area contributed by atoms with Crippen LogP contribution in [-0.4, -0.2) is 35.5 Å². The van der Waals surface area contributed by atoms with E-state index in [0.29, 0.717) is 23.2 Å². The lowest BCUT2D eigenvalue weighted by atomic mass is 10.2. The van der Waals surface area contributed by atoms with Crippen LogP contribution in [0.4, 0.5) is 36.4 Å². The molecule has 0 atom stereocenters. The first-order chi connectivity index (χ1) is 16.3. The minimum atomic E-state index is -4.76. The highest BCUT2D eigenvalue weighted by atomic mass is 19.4. The lowest BCUT2D eigenvalue weighted by molar-refractivity contribution is -0.274. The lowest BCUT2D eigenvalue weighted by Gasteiger charge is -2.19. The number of nitrogens with zero attached hydrogens (tertiary/aromatic N) is 4. The normalized spacial score (nSPS) is 11.1. The maximum Gasteiger partial charge on any atom is 0.573 e. The zero-order valence-electron chi connectivity index (χ0n) is 18.2. The highest BCUT2D eigenvalue weighted by Gasteiger charge is 2.31. The molecule has 3 aromatic carbocycles. The summed E-state index contributed by atoms with van der Waals surface area (Å²) < 4.78 is 46.4. The Kier molecular flexibility index (Phi) is 6.48.